The SMILES string of the molecule is CC(=O)N(C)c1ccc(N2CC(S(=O)(=O)Cl)CC2=O)cc1. The van der Waals surface area contributed by atoms with Crippen molar-refractivity contribution in [1.82, 2.24) is 0 Å². The van der Waals surface area contributed by atoms with Crippen LogP contribution in [0, 0.1) is 0 Å². The van der Waals surface area contributed by atoms with E-state index < -0.39 is 14.3 Å². The Balaban J connectivity index is 2.20. The summed E-state index contributed by atoms with van der Waals surface area (Å²) in [5.74, 6) is -0.384. The van der Waals surface area contributed by atoms with Crippen molar-refractivity contribution in [2.75, 3.05) is 23.4 Å². The molecule has 21 heavy (non-hydrogen) atoms. The van der Waals surface area contributed by atoms with Crippen molar-refractivity contribution >= 4 is 42.9 Å². The molecule has 1 aliphatic rings. The third-order valence-electron chi connectivity index (χ3n) is 3.51. The first-order valence-corrected chi connectivity index (χ1v) is 8.65. The fourth-order valence-corrected chi connectivity index (χ4v) is 3.18. The molecule has 1 unspecified atom stereocenters. The number of hydrogen-bond donors (Lipinski definition) is 0. The Bertz CT molecular complexity index is 672. The van der Waals surface area contributed by atoms with Gasteiger partial charge in [0.1, 0.15) is 5.25 Å². The van der Waals surface area contributed by atoms with Crippen molar-refractivity contribution in [2.45, 2.75) is 18.6 Å². The van der Waals surface area contributed by atoms with Crippen LogP contribution >= 0.6 is 10.7 Å². The number of rotatable bonds is 3. The lowest BCUT2D eigenvalue weighted by Crippen LogP contribution is -2.27. The highest BCUT2D eigenvalue weighted by molar-refractivity contribution is 8.14. The summed E-state index contributed by atoms with van der Waals surface area (Å²) in [5, 5.41) is -0.883. The number of anilines is 2. The number of benzene rings is 1. The van der Waals surface area contributed by atoms with Gasteiger partial charge in [0.25, 0.3) is 0 Å². The minimum atomic E-state index is -3.75. The lowest BCUT2D eigenvalue weighted by molar-refractivity contribution is -0.117. The molecule has 2 amide bonds. The van der Waals surface area contributed by atoms with Crippen molar-refractivity contribution in [3.8, 4) is 0 Å². The molecule has 1 heterocycles. The van der Waals surface area contributed by atoms with E-state index in [0.29, 0.717) is 11.4 Å². The first-order chi connectivity index (χ1) is 9.70. The van der Waals surface area contributed by atoms with Crippen molar-refractivity contribution in [3.63, 3.8) is 0 Å². The van der Waals surface area contributed by atoms with Crippen LogP contribution in [0.5, 0.6) is 0 Å². The Morgan fingerprint density at radius 1 is 1.33 bits per heavy atom. The molecule has 1 aromatic rings. The number of carbonyl (C=O) groups excluding carboxylic acids is 2. The minimum Gasteiger partial charge on any atom is -0.316 e. The molecule has 1 fully saturated rings. The largest absolute Gasteiger partial charge is 0.316 e. The number of amides is 2. The summed E-state index contributed by atoms with van der Waals surface area (Å²) in [7, 11) is 3.20. The van der Waals surface area contributed by atoms with E-state index in [2.05, 4.69) is 0 Å². The quantitative estimate of drug-likeness (QED) is 0.784. The molecule has 0 N–H and O–H groups in total. The van der Waals surface area contributed by atoms with E-state index in [-0.39, 0.29) is 24.8 Å². The molecule has 0 aromatic heterocycles. The Labute approximate surface area is 127 Å². The summed E-state index contributed by atoms with van der Waals surface area (Å²) in [6.45, 7) is 1.50. The molecule has 0 bridgehead atoms. The van der Waals surface area contributed by atoms with Gasteiger partial charge < -0.3 is 9.80 Å². The number of nitrogens with zero attached hydrogens (tertiary/aromatic N) is 2. The van der Waals surface area contributed by atoms with Crippen molar-refractivity contribution < 1.29 is 18.0 Å². The fraction of sp³-hybridized carbons (Fsp3) is 0.385. The Kier molecular flexibility index (Phi) is 4.25. The average molecular weight is 331 g/mol. The van der Waals surface area contributed by atoms with E-state index in [0.717, 1.165) is 0 Å². The van der Waals surface area contributed by atoms with Crippen molar-refractivity contribution in [3.05, 3.63) is 24.3 Å². The van der Waals surface area contributed by atoms with Crippen molar-refractivity contribution in [1.29, 1.82) is 0 Å². The van der Waals surface area contributed by atoms with Crippen LogP contribution in [0.2, 0.25) is 0 Å². The molecule has 0 saturated carbocycles. The van der Waals surface area contributed by atoms with Gasteiger partial charge in [-0.1, -0.05) is 0 Å². The molecule has 0 spiro atoms. The van der Waals surface area contributed by atoms with Gasteiger partial charge in [-0.05, 0) is 24.3 Å². The molecule has 1 saturated heterocycles. The second-order valence-electron chi connectivity index (χ2n) is 4.90. The topological polar surface area (TPSA) is 74.8 Å². The van der Waals surface area contributed by atoms with Gasteiger partial charge in [0.2, 0.25) is 20.9 Å². The van der Waals surface area contributed by atoms with Gasteiger partial charge in [0.05, 0.1) is 0 Å². The minimum absolute atomic E-state index is 0.0482. The predicted molar refractivity (Wildman–Crippen MR) is 81.1 cm³/mol. The first-order valence-electron chi connectivity index (χ1n) is 6.28. The monoisotopic (exact) mass is 330 g/mol. The summed E-state index contributed by atoms with van der Waals surface area (Å²) in [4.78, 5) is 26.0. The zero-order chi connectivity index (χ0) is 15.8. The van der Waals surface area contributed by atoms with Gasteiger partial charge >= 0.3 is 0 Å². The van der Waals surface area contributed by atoms with Gasteiger partial charge in [-0.25, -0.2) is 8.42 Å². The maximum absolute atomic E-state index is 11.9. The summed E-state index contributed by atoms with van der Waals surface area (Å²) in [5.41, 5.74) is 1.28. The van der Waals surface area contributed by atoms with E-state index >= 15 is 0 Å². The Morgan fingerprint density at radius 3 is 2.33 bits per heavy atom. The highest BCUT2D eigenvalue weighted by Crippen LogP contribution is 2.28. The highest BCUT2D eigenvalue weighted by Gasteiger charge is 2.37. The van der Waals surface area contributed by atoms with Crippen LogP contribution < -0.4 is 9.80 Å². The first kappa shape index (κ1) is 15.8. The predicted octanol–water partition coefficient (Wildman–Crippen LogP) is 1.34. The van der Waals surface area contributed by atoms with E-state index in [1.807, 2.05) is 0 Å². The maximum Gasteiger partial charge on any atom is 0.237 e. The second-order valence-corrected chi connectivity index (χ2v) is 7.81. The third-order valence-corrected chi connectivity index (χ3v) is 5.38. The molecule has 8 heteroatoms. The number of hydrogen-bond acceptors (Lipinski definition) is 4. The maximum atomic E-state index is 11.9. The molecule has 2 rings (SSSR count). The Morgan fingerprint density at radius 2 is 1.90 bits per heavy atom. The molecule has 0 aliphatic carbocycles. The van der Waals surface area contributed by atoms with E-state index in [9.17, 15) is 18.0 Å². The van der Waals surface area contributed by atoms with Crippen LogP contribution in [0.3, 0.4) is 0 Å². The summed E-state index contributed by atoms with van der Waals surface area (Å²) in [6, 6.07) is 6.75. The molecule has 1 aromatic carbocycles. The van der Waals surface area contributed by atoms with Crippen LogP contribution in [-0.4, -0.2) is 39.1 Å². The third kappa shape index (κ3) is 3.36. The van der Waals surface area contributed by atoms with E-state index in [4.69, 9.17) is 10.7 Å². The molecule has 6 nitrogen and oxygen atoms in total. The Hall–Kier alpha value is -1.60. The van der Waals surface area contributed by atoms with Crippen LogP contribution in [0.15, 0.2) is 24.3 Å². The van der Waals surface area contributed by atoms with E-state index in [1.165, 1.54) is 16.7 Å². The van der Waals surface area contributed by atoms with Gasteiger partial charge in [0, 0.05) is 49.0 Å². The summed E-state index contributed by atoms with van der Waals surface area (Å²) < 4.78 is 22.6. The molecular weight excluding hydrogens is 316 g/mol. The van der Waals surface area contributed by atoms with Crippen LogP contribution in [0.4, 0.5) is 11.4 Å². The van der Waals surface area contributed by atoms with Crippen LogP contribution in [-0.2, 0) is 18.6 Å². The van der Waals surface area contributed by atoms with Crippen LogP contribution in [0.25, 0.3) is 0 Å². The lowest BCUT2D eigenvalue weighted by Gasteiger charge is -2.19. The van der Waals surface area contributed by atoms with Gasteiger partial charge in [-0.3, -0.25) is 9.59 Å². The van der Waals surface area contributed by atoms with Gasteiger partial charge in [-0.15, -0.1) is 0 Å². The average Bonchev–Trinajstić information content (AvgIpc) is 2.80. The standard InChI is InChI=1S/C13H15ClN2O4S/c1-9(17)15(2)10-3-5-11(6-4-10)16-8-12(7-13(16)18)21(14,19)20/h3-6,12H,7-8H2,1-2H3. The second kappa shape index (κ2) is 5.65. The molecule has 1 aliphatic heterocycles. The molecular formula is C13H15ClN2O4S. The molecule has 0 radical (unpaired) electrons. The van der Waals surface area contributed by atoms with E-state index in [1.54, 1.807) is 31.3 Å². The zero-order valence-electron chi connectivity index (χ0n) is 11.6. The smallest absolute Gasteiger partial charge is 0.237 e. The highest BCUT2D eigenvalue weighted by atomic mass is 35.7. The number of halogens is 1. The summed E-state index contributed by atoms with van der Waals surface area (Å²) >= 11 is 0. The van der Waals surface area contributed by atoms with Crippen molar-refractivity contribution in [2.24, 2.45) is 0 Å². The summed E-state index contributed by atoms with van der Waals surface area (Å²) in [6.07, 6.45) is -0.110. The zero-order valence-corrected chi connectivity index (χ0v) is 13.2. The fourth-order valence-electron chi connectivity index (χ4n) is 2.15. The normalized spacial score (nSPS) is 18.9. The lowest BCUT2D eigenvalue weighted by atomic mass is 10.2. The van der Waals surface area contributed by atoms with Crippen LogP contribution in [0.1, 0.15) is 13.3 Å². The molecule has 1 atom stereocenters. The van der Waals surface area contributed by atoms with Gasteiger partial charge in [-0.2, -0.15) is 0 Å². The van der Waals surface area contributed by atoms with Gasteiger partial charge in [0.15, 0.2) is 0 Å². The molecule has 114 valence electrons. The number of carbonyl (C=O) groups is 2.